The lowest BCUT2D eigenvalue weighted by Crippen LogP contribution is -1.92. The molecule has 0 aliphatic rings. The molecule has 0 radical (unpaired) electrons. The molecule has 3 heteroatoms. The van der Waals surface area contributed by atoms with Gasteiger partial charge in [0, 0.05) is 11.6 Å². The van der Waals surface area contributed by atoms with Crippen molar-refractivity contribution >= 4 is 10.9 Å². The number of hydrogen-bond donors (Lipinski definition) is 0. The van der Waals surface area contributed by atoms with E-state index in [4.69, 9.17) is 4.74 Å². The third-order valence-electron chi connectivity index (χ3n) is 1.98. The van der Waals surface area contributed by atoms with Crippen molar-refractivity contribution in [1.82, 2.24) is 9.97 Å². The van der Waals surface area contributed by atoms with Gasteiger partial charge in [0.1, 0.15) is 11.6 Å². The average molecular weight is 188 g/mol. The molecule has 0 fully saturated rings. The average Bonchev–Trinajstić information content (AvgIpc) is 2.19. The maximum Gasteiger partial charge on any atom is 0.125 e. The van der Waals surface area contributed by atoms with Crippen molar-refractivity contribution in [3.05, 3.63) is 30.2 Å². The summed E-state index contributed by atoms with van der Waals surface area (Å²) in [4.78, 5) is 8.45. The van der Waals surface area contributed by atoms with Gasteiger partial charge in [-0.05, 0) is 32.0 Å². The zero-order valence-electron chi connectivity index (χ0n) is 8.32. The molecule has 3 nitrogen and oxygen atoms in total. The minimum atomic E-state index is 0.679. The molecule has 1 aromatic carbocycles. The van der Waals surface area contributed by atoms with Crippen molar-refractivity contribution in [2.75, 3.05) is 6.61 Å². The van der Waals surface area contributed by atoms with E-state index in [-0.39, 0.29) is 0 Å². The third kappa shape index (κ3) is 1.66. The van der Waals surface area contributed by atoms with Crippen LogP contribution >= 0.6 is 0 Å². The number of aryl methyl sites for hydroxylation is 1. The number of hydrogen-bond acceptors (Lipinski definition) is 3. The van der Waals surface area contributed by atoms with E-state index in [0.717, 1.165) is 22.5 Å². The Morgan fingerprint density at radius 2 is 2.21 bits per heavy atom. The van der Waals surface area contributed by atoms with Crippen LogP contribution in [0.5, 0.6) is 5.75 Å². The highest BCUT2D eigenvalue weighted by molar-refractivity contribution is 5.79. The van der Waals surface area contributed by atoms with E-state index >= 15 is 0 Å². The predicted molar refractivity (Wildman–Crippen MR) is 55.4 cm³/mol. The van der Waals surface area contributed by atoms with E-state index in [9.17, 15) is 0 Å². The fraction of sp³-hybridized carbons (Fsp3) is 0.273. The normalized spacial score (nSPS) is 10.4. The van der Waals surface area contributed by atoms with Crippen molar-refractivity contribution in [3.63, 3.8) is 0 Å². The summed E-state index contributed by atoms with van der Waals surface area (Å²) in [6.07, 6.45) is 1.82. The van der Waals surface area contributed by atoms with Gasteiger partial charge in [-0.1, -0.05) is 0 Å². The van der Waals surface area contributed by atoms with Gasteiger partial charge in [-0.3, -0.25) is 0 Å². The summed E-state index contributed by atoms with van der Waals surface area (Å²) in [5.74, 6) is 1.66. The molecular weight excluding hydrogens is 176 g/mol. The number of nitrogens with zero attached hydrogens (tertiary/aromatic N) is 2. The highest BCUT2D eigenvalue weighted by Gasteiger charge is 1.98. The van der Waals surface area contributed by atoms with E-state index in [0.29, 0.717) is 6.61 Å². The number of benzene rings is 1. The maximum atomic E-state index is 5.39. The van der Waals surface area contributed by atoms with Gasteiger partial charge in [0.15, 0.2) is 0 Å². The smallest absolute Gasteiger partial charge is 0.125 e. The summed E-state index contributed by atoms with van der Waals surface area (Å²) in [6.45, 7) is 4.53. The Balaban J connectivity index is 2.50. The number of aromatic nitrogens is 2. The third-order valence-corrected chi connectivity index (χ3v) is 1.98. The molecule has 0 spiro atoms. The number of fused-ring (bicyclic) bond motifs is 1. The first kappa shape index (κ1) is 8.94. The van der Waals surface area contributed by atoms with Gasteiger partial charge in [-0.25, -0.2) is 9.97 Å². The van der Waals surface area contributed by atoms with Gasteiger partial charge in [-0.15, -0.1) is 0 Å². The highest BCUT2D eigenvalue weighted by atomic mass is 16.5. The first-order chi connectivity index (χ1) is 6.79. The van der Waals surface area contributed by atoms with Crippen LogP contribution in [0.4, 0.5) is 0 Å². The molecule has 14 heavy (non-hydrogen) atoms. The summed E-state index contributed by atoms with van der Waals surface area (Å²) < 4.78 is 5.39. The molecule has 72 valence electrons. The summed E-state index contributed by atoms with van der Waals surface area (Å²) in [7, 11) is 0. The Morgan fingerprint density at radius 1 is 1.36 bits per heavy atom. The van der Waals surface area contributed by atoms with Crippen LogP contribution in [0.2, 0.25) is 0 Å². The van der Waals surface area contributed by atoms with Crippen molar-refractivity contribution in [2.24, 2.45) is 0 Å². The van der Waals surface area contributed by atoms with E-state index in [2.05, 4.69) is 9.97 Å². The van der Waals surface area contributed by atoms with E-state index in [1.807, 2.05) is 38.2 Å². The first-order valence-electron chi connectivity index (χ1n) is 4.66. The summed E-state index contributed by atoms with van der Waals surface area (Å²) >= 11 is 0. The van der Waals surface area contributed by atoms with Gasteiger partial charge >= 0.3 is 0 Å². The molecule has 2 rings (SSSR count). The van der Waals surface area contributed by atoms with Crippen LogP contribution in [0.15, 0.2) is 24.4 Å². The van der Waals surface area contributed by atoms with E-state index < -0.39 is 0 Å². The minimum absolute atomic E-state index is 0.679. The predicted octanol–water partition coefficient (Wildman–Crippen LogP) is 2.34. The number of ether oxygens (including phenoxy) is 1. The molecule has 0 unspecified atom stereocenters. The Labute approximate surface area is 82.8 Å². The zero-order chi connectivity index (χ0) is 9.97. The SMILES string of the molecule is CCOc1ccc2nc(C)ncc2c1. The Morgan fingerprint density at radius 3 is 3.00 bits per heavy atom. The van der Waals surface area contributed by atoms with Crippen LogP contribution in [-0.4, -0.2) is 16.6 Å². The lowest BCUT2D eigenvalue weighted by Gasteiger charge is -2.03. The second-order valence-electron chi connectivity index (χ2n) is 3.07. The van der Waals surface area contributed by atoms with E-state index in [1.165, 1.54) is 0 Å². The Kier molecular flexibility index (Phi) is 2.31. The topological polar surface area (TPSA) is 35.0 Å². The molecule has 0 saturated carbocycles. The van der Waals surface area contributed by atoms with Gasteiger partial charge < -0.3 is 4.74 Å². The summed E-state index contributed by atoms with van der Waals surface area (Å²) in [5.41, 5.74) is 0.959. The van der Waals surface area contributed by atoms with Crippen LogP contribution in [-0.2, 0) is 0 Å². The lowest BCUT2D eigenvalue weighted by molar-refractivity contribution is 0.340. The summed E-state index contributed by atoms with van der Waals surface area (Å²) in [6, 6.07) is 5.84. The Hall–Kier alpha value is -1.64. The molecule has 0 aliphatic carbocycles. The second kappa shape index (κ2) is 3.62. The molecule has 0 atom stereocenters. The van der Waals surface area contributed by atoms with Gasteiger partial charge in [0.2, 0.25) is 0 Å². The molecule has 0 amide bonds. The van der Waals surface area contributed by atoms with Gasteiger partial charge in [-0.2, -0.15) is 0 Å². The van der Waals surface area contributed by atoms with Crippen molar-refractivity contribution < 1.29 is 4.74 Å². The van der Waals surface area contributed by atoms with Crippen molar-refractivity contribution in [1.29, 1.82) is 0 Å². The highest BCUT2D eigenvalue weighted by Crippen LogP contribution is 2.18. The van der Waals surface area contributed by atoms with Crippen LogP contribution in [0.25, 0.3) is 10.9 Å². The van der Waals surface area contributed by atoms with Gasteiger partial charge in [0.05, 0.1) is 12.1 Å². The maximum absolute atomic E-state index is 5.39. The monoisotopic (exact) mass is 188 g/mol. The Bertz CT molecular complexity index is 454. The van der Waals surface area contributed by atoms with Gasteiger partial charge in [0.25, 0.3) is 0 Å². The first-order valence-corrected chi connectivity index (χ1v) is 4.66. The molecule has 0 saturated heterocycles. The molecule has 1 heterocycles. The van der Waals surface area contributed by atoms with E-state index in [1.54, 1.807) is 0 Å². The van der Waals surface area contributed by atoms with Crippen LogP contribution in [0.3, 0.4) is 0 Å². The second-order valence-corrected chi connectivity index (χ2v) is 3.07. The lowest BCUT2D eigenvalue weighted by atomic mass is 10.2. The quantitative estimate of drug-likeness (QED) is 0.725. The molecule has 2 aromatic rings. The van der Waals surface area contributed by atoms with Crippen LogP contribution in [0.1, 0.15) is 12.7 Å². The summed E-state index contributed by atoms with van der Waals surface area (Å²) in [5, 5.41) is 1.02. The number of rotatable bonds is 2. The molecule has 1 aromatic heterocycles. The standard InChI is InChI=1S/C11H12N2O/c1-3-14-10-4-5-11-9(6-10)7-12-8(2)13-11/h4-7H,3H2,1-2H3. The van der Waals surface area contributed by atoms with Crippen LogP contribution in [0, 0.1) is 6.92 Å². The largest absolute Gasteiger partial charge is 0.494 e. The molecule has 0 bridgehead atoms. The van der Waals surface area contributed by atoms with Crippen molar-refractivity contribution in [3.8, 4) is 5.75 Å². The fourth-order valence-corrected chi connectivity index (χ4v) is 1.36. The van der Waals surface area contributed by atoms with Crippen LogP contribution < -0.4 is 4.74 Å². The molecule has 0 aliphatic heterocycles. The fourth-order valence-electron chi connectivity index (χ4n) is 1.36. The molecule has 0 N–H and O–H groups in total. The minimum Gasteiger partial charge on any atom is -0.494 e. The zero-order valence-corrected chi connectivity index (χ0v) is 8.32. The van der Waals surface area contributed by atoms with Crippen molar-refractivity contribution in [2.45, 2.75) is 13.8 Å². The molecular formula is C11H12N2O.